The third kappa shape index (κ3) is 5.79. The molecule has 11 aromatic carbocycles. The number of nitrogens with zero attached hydrogens (tertiary/aromatic N) is 3. The summed E-state index contributed by atoms with van der Waals surface area (Å²) in [4.78, 5) is 16.8. The standard InChI is InChI=1S/C61H37N3/c1-3-16-41(17-4-1)58-59(42-18-5-2-6-19-42)64-61-56-51-25-13-14-26-55(51)62-57(45-32-29-38-15-7-8-20-43(38)35-45)54(56)37-52(60(61)63-58)40-30-27-39(28-31-40)44-33-34-50-48-23-10-9-21-46(48)47-22-11-12-24-49(47)53(50)36-44/h1-37H. The maximum Gasteiger partial charge on any atom is 0.0987 e. The fourth-order valence-electron chi connectivity index (χ4n) is 9.93. The van der Waals surface area contributed by atoms with Crippen LogP contribution >= 0.6 is 0 Å². The predicted octanol–water partition coefficient (Wildman–Crippen LogP) is 16.3. The Bertz CT molecular complexity index is 3950. The molecule has 0 aliphatic heterocycles. The van der Waals surface area contributed by atoms with Crippen LogP contribution in [-0.4, -0.2) is 15.0 Å². The van der Waals surface area contributed by atoms with Crippen LogP contribution in [0.15, 0.2) is 224 Å². The molecule has 64 heavy (non-hydrogen) atoms. The molecule has 2 aromatic heterocycles. The Balaban J connectivity index is 1.08. The van der Waals surface area contributed by atoms with E-state index < -0.39 is 0 Å². The molecule has 0 saturated heterocycles. The molecule has 2 heterocycles. The number of benzene rings is 11. The minimum absolute atomic E-state index is 0.845. The van der Waals surface area contributed by atoms with E-state index in [2.05, 4.69) is 218 Å². The van der Waals surface area contributed by atoms with Crippen molar-refractivity contribution in [2.24, 2.45) is 0 Å². The van der Waals surface area contributed by atoms with E-state index in [1.807, 2.05) is 6.07 Å². The van der Waals surface area contributed by atoms with Gasteiger partial charge in [0.05, 0.1) is 33.6 Å². The molecule has 0 aliphatic carbocycles. The third-order valence-corrected chi connectivity index (χ3v) is 13.0. The van der Waals surface area contributed by atoms with Gasteiger partial charge in [-0.3, -0.25) is 0 Å². The summed E-state index contributed by atoms with van der Waals surface area (Å²) in [5.74, 6) is 0. The Labute approximate surface area is 369 Å². The van der Waals surface area contributed by atoms with Gasteiger partial charge in [-0.15, -0.1) is 0 Å². The number of rotatable bonds is 5. The van der Waals surface area contributed by atoms with Crippen LogP contribution in [0, 0.1) is 0 Å². The van der Waals surface area contributed by atoms with Crippen molar-refractivity contribution in [3.05, 3.63) is 224 Å². The SMILES string of the molecule is c1ccc(-c2nc3c(-c4ccc(-c5ccc6c7ccccc7c7ccccc7c6c5)cc4)cc4c(-c5ccc6ccccc6c5)nc5ccccc5c4c3nc2-c2ccccc2)cc1. The molecular weight excluding hydrogens is 775 g/mol. The van der Waals surface area contributed by atoms with Gasteiger partial charge in [-0.1, -0.05) is 200 Å². The van der Waals surface area contributed by atoms with Gasteiger partial charge < -0.3 is 0 Å². The molecule has 0 aliphatic rings. The van der Waals surface area contributed by atoms with Gasteiger partial charge in [-0.05, 0) is 84.0 Å². The summed E-state index contributed by atoms with van der Waals surface area (Å²) >= 11 is 0. The lowest BCUT2D eigenvalue weighted by molar-refractivity contribution is 1.30. The zero-order valence-corrected chi connectivity index (χ0v) is 34.7. The highest BCUT2D eigenvalue weighted by molar-refractivity contribution is 6.26. The van der Waals surface area contributed by atoms with E-state index in [0.29, 0.717) is 0 Å². The molecule has 0 bridgehead atoms. The van der Waals surface area contributed by atoms with Gasteiger partial charge in [-0.2, -0.15) is 0 Å². The molecule has 0 N–H and O–H groups in total. The van der Waals surface area contributed by atoms with Crippen LogP contribution in [-0.2, 0) is 0 Å². The molecular formula is C61H37N3. The van der Waals surface area contributed by atoms with Crippen molar-refractivity contribution < 1.29 is 0 Å². The Morgan fingerprint density at radius 1 is 0.234 bits per heavy atom. The Morgan fingerprint density at radius 2 is 0.734 bits per heavy atom. The zero-order valence-electron chi connectivity index (χ0n) is 34.7. The normalized spacial score (nSPS) is 11.8. The number of hydrogen-bond acceptors (Lipinski definition) is 3. The minimum atomic E-state index is 0.845. The molecule has 0 saturated carbocycles. The van der Waals surface area contributed by atoms with Gasteiger partial charge in [0, 0.05) is 38.4 Å². The van der Waals surface area contributed by atoms with Crippen molar-refractivity contribution in [3.8, 4) is 56.0 Å². The van der Waals surface area contributed by atoms with Crippen molar-refractivity contribution in [2.45, 2.75) is 0 Å². The molecule has 3 nitrogen and oxygen atoms in total. The Morgan fingerprint density at radius 3 is 1.41 bits per heavy atom. The van der Waals surface area contributed by atoms with Crippen molar-refractivity contribution in [2.75, 3.05) is 0 Å². The van der Waals surface area contributed by atoms with Gasteiger partial charge in [0.2, 0.25) is 0 Å². The summed E-state index contributed by atoms with van der Waals surface area (Å²) in [6.45, 7) is 0. The third-order valence-electron chi connectivity index (χ3n) is 13.0. The second-order valence-corrected chi connectivity index (χ2v) is 16.7. The minimum Gasteiger partial charge on any atom is -0.247 e. The van der Waals surface area contributed by atoms with Gasteiger partial charge in [0.1, 0.15) is 0 Å². The first kappa shape index (κ1) is 36.2. The monoisotopic (exact) mass is 811 g/mol. The van der Waals surface area contributed by atoms with Crippen LogP contribution in [0.3, 0.4) is 0 Å². The number of fused-ring (bicyclic) bond motifs is 12. The molecule has 3 heteroatoms. The number of pyridine rings is 1. The second-order valence-electron chi connectivity index (χ2n) is 16.7. The van der Waals surface area contributed by atoms with E-state index >= 15 is 0 Å². The Kier molecular flexibility index (Phi) is 8.22. The number of hydrogen-bond donors (Lipinski definition) is 0. The first-order chi connectivity index (χ1) is 31.7. The van der Waals surface area contributed by atoms with E-state index in [1.54, 1.807) is 0 Å². The van der Waals surface area contributed by atoms with Crippen molar-refractivity contribution >= 4 is 75.8 Å². The smallest absolute Gasteiger partial charge is 0.0987 e. The summed E-state index contributed by atoms with van der Waals surface area (Å²) in [5.41, 5.74) is 12.7. The number of para-hydroxylation sites is 1. The maximum absolute atomic E-state index is 5.72. The van der Waals surface area contributed by atoms with Gasteiger partial charge >= 0.3 is 0 Å². The van der Waals surface area contributed by atoms with E-state index in [4.69, 9.17) is 15.0 Å². The highest BCUT2D eigenvalue weighted by Crippen LogP contribution is 2.44. The van der Waals surface area contributed by atoms with Crippen LogP contribution in [0.5, 0.6) is 0 Å². The molecule has 0 unspecified atom stereocenters. The van der Waals surface area contributed by atoms with Crippen LogP contribution in [0.1, 0.15) is 0 Å². The van der Waals surface area contributed by atoms with E-state index in [-0.39, 0.29) is 0 Å². The lowest BCUT2D eigenvalue weighted by Gasteiger charge is -2.18. The fraction of sp³-hybridized carbons (Fsp3) is 0. The van der Waals surface area contributed by atoms with Crippen molar-refractivity contribution in [1.82, 2.24) is 15.0 Å². The topological polar surface area (TPSA) is 38.7 Å². The predicted molar refractivity (Wildman–Crippen MR) is 270 cm³/mol. The summed E-state index contributed by atoms with van der Waals surface area (Å²) < 4.78 is 0. The average molecular weight is 812 g/mol. The highest BCUT2D eigenvalue weighted by Gasteiger charge is 2.22. The first-order valence-electron chi connectivity index (χ1n) is 21.8. The van der Waals surface area contributed by atoms with Crippen LogP contribution in [0.25, 0.3) is 132 Å². The lowest BCUT2D eigenvalue weighted by Crippen LogP contribution is -2.00. The molecule has 0 fully saturated rings. The first-order valence-corrected chi connectivity index (χ1v) is 21.8. The summed E-state index contributed by atoms with van der Waals surface area (Å²) in [6.07, 6.45) is 0. The van der Waals surface area contributed by atoms with Crippen LogP contribution in [0.2, 0.25) is 0 Å². The summed E-state index contributed by atoms with van der Waals surface area (Å²) in [6, 6.07) is 80.3. The molecule has 13 aromatic rings. The second kappa shape index (κ2) is 14.5. The van der Waals surface area contributed by atoms with Gasteiger partial charge in [0.15, 0.2) is 0 Å². The highest BCUT2D eigenvalue weighted by atomic mass is 14.8. The fourth-order valence-corrected chi connectivity index (χ4v) is 9.93. The van der Waals surface area contributed by atoms with Gasteiger partial charge in [-0.25, -0.2) is 15.0 Å². The molecule has 13 rings (SSSR count). The largest absolute Gasteiger partial charge is 0.247 e. The van der Waals surface area contributed by atoms with E-state index in [1.165, 1.54) is 48.7 Å². The number of aromatic nitrogens is 3. The van der Waals surface area contributed by atoms with E-state index in [9.17, 15) is 0 Å². The maximum atomic E-state index is 5.72. The van der Waals surface area contributed by atoms with Crippen LogP contribution in [0.4, 0.5) is 0 Å². The average Bonchev–Trinajstić information content (AvgIpc) is 3.38. The van der Waals surface area contributed by atoms with Crippen LogP contribution < -0.4 is 0 Å². The molecule has 296 valence electrons. The molecule has 0 atom stereocenters. The quantitative estimate of drug-likeness (QED) is 0.163. The Hall–Kier alpha value is -8.53. The molecule has 0 spiro atoms. The summed E-state index contributed by atoms with van der Waals surface area (Å²) in [5, 5.41) is 13.1. The van der Waals surface area contributed by atoms with Crippen molar-refractivity contribution in [1.29, 1.82) is 0 Å². The molecule has 0 radical (unpaired) electrons. The van der Waals surface area contributed by atoms with Gasteiger partial charge in [0.25, 0.3) is 0 Å². The lowest BCUT2D eigenvalue weighted by atomic mass is 9.91. The zero-order chi connectivity index (χ0) is 42.1. The van der Waals surface area contributed by atoms with E-state index in [0.717, 1.165) is 83.2 Å². The summed E-state index contributed by atoms with van der Waals surface area (Å²) in [7, 11) is 0. The van der Waals surface area contributed by atoms with Crippen molar-refractivity contribution in [3.63, 3.8) is 0 Å². The molecule has 0 amide bonds.